The van der Waals surface area contributed by atoms with Crippen LogP contribution < -0.4 is 10.5 Å². The summed E-state index contributed by atoms with van der Waals surface area (Å²) >= 11 is 1.70. The van der Waals surface area contributed by atoms with E-state index in [9.17, 15) is 0 Å². The molecule has 13 heavy (non-hydrogen) atoms. The van der Waals surface area contributed by atoms with Crippen LogP contribution in [0, 0.1) is 0 Å². The molecule has 0 radical (unpaired) electrons. The number of rotatable bonds is 1. The molecule has 2 nitrogen and oxygen atoms in total. The van der Waals surface area contributed by atoms with E-state index in [4.69, 9.17) is 10.5 Å². The number of hydrogen-bond acceptors (Lipinski definition) is 3. The summed E-state index contributed by atoms with van der Waals surface area (Å²) in [6.45, 7) is 0.742. The minimum absolute atomic E-state index is 0.149. The summed E-state index contributed by atoms with van der Waals surface area (Å²) in [5.41, 5.74) is 7.13. The highest BCUT2D eigenvalue weighted by Crippen LogP contribution is 2.37. The first-order chi connectivity index (χ1) is 6.33. The van der Waals surface area contributed by atoms with E-state index >= 15 is 0 Å². The largest absolute Gasteiger partial charge is 0.492 e. The third-order valence-corrected chi connectivity index (χ3v) is 3.07. The van der Waals surface area contributed by atoms with Gasteiger partial charge in [-0.15, -0.1) is 11.8 Å². The van der Waals surface area contributed by atoms with Crippen LogP contribution in [0.4, 0.5) is 0 Å². The maximum absolute atomic E-state index is 5.98. The van der Waals surface area contributed by atoms with Gasteiger partial charge in [0.15, 0.2) is 0 Å². The quantitative estimate of drug-likeness (QED) is 0.698. The zero-order valence-corrected chi connectivity index (χ0v) is 8.43. The van der Waals surface area contributed by atoms with Crippen molar-refractivity contribution in [2.45, 2.75) is 17.4 Å². The summed E-state index contributed by atoms with van der Waals surface area (Å²) in [6.07, 6.45) is 2.98. The molecule has 0 aromatic heterocycles. The number of benzene rings is 1. The molecule has 0 fully saturated rings. The molecule has 2 N–H and O–H groups in total. The lowest BCUT2D eigenvalue weighted by Gasteiger charge is -2.24. The Morgan fingerprint density at radius 3 is 3.15 bits per heavy atom. The van der Waals surface area contributed by atoms with Crippen LogP contribution in [0.15, 0.2) is 23.1 Å². The van der Waals surface area contributed by atoms with Gasteiger partial charge in [0, 0.05) is 22.9 Å². The molecule has 3 heteroatoms. The summed E-state index contributed by atoms with van der Waals surface area (Å²) in [5.74, 6) is 0.994. The first-order valence-corrected chi connectivity index (χ1v) is 5.60. The zero-order valence-electron chi connectivity index (χ0n) is 7.62. The second-order valence-corrected chi connectivity index (χ2v) is 3.97. The van der Waals surface area contributed by atoms with Gasteiger partial charge in [-0.3, -0.25) is 0 Å². The van der Waals surface area contributed by atoms with Crippen LogP contribution in [0.1, 0.15) is 18.0 Å². The van der Waals surface area contributed by atoms with Crippen molar-refractivity contribution in [2.24, 2.45) is 5.73 Å². The molecular formula is C10H13NOS. The first kappa shape index (κ1) is 8.91. The number of ether oxygens (including phenoxy) is 1. The zero-order chi connectivity index (χ0) is 9.26. The van der Waals surface area contributed by atoms with Crippen LogP contribution in [0.3, 0.4) is 0 Å². The predicted octanol–water partition coefficient (Wildman–Crippen LogP) is 2.19. The molecule has 1 atom stereocenters. The fraction of sp³-hybridized carbons (Fsp3) is 0.400. The Balaban J connectivity index is 2.48. The van der Waals surface area contributed by atoms with E-state index in [0.717, 1.165) is 24.3 Å². The summed E-state index contributed by atoms with van der Waals surface area (Å²) in [7, 11) is 0. The summed E-state index contributed by atoms with van der Waals surface area (Å²) in [6, 6.07) is 6.32. The van der Waals surface area contributed by atoms with Crippen LogP contribution >= 0.6 is 11.8 Å². The molecule has 1 aromatic carbocycles. The summed E-state index contributed by atoms with van der Waals surface area (Å²) in [4.78, 5) is 1.19. The van der Waals surface area contributed by atoms with Gasteiger partial charge in [0.1, 0.15) is 5.75 Å². The Hall–Kier alpha value is -0.670. The van der Waals surface area contributed by atoms with Gasteiger partial charge in [-0.1, -0.05) is 12.1 Å². The van der Waals surface area contributed by atoms with Crippen molar-refractivity contribution in [3.05, 3.63) is 23.8 Å². The number of hydrogen-bond donors (Lipinski definition) is 1. The Kier molecular flexibility index (Phi) is 2.47. The number of para-hydroxylation sites is 1. The van der Waals surface area contributed by atoms with Crippen molar-refractivity contribution in [1.29, 1.82) is 0 Å². The molecule has 1 heterocycles. The lowest BCUT2D eigenvalue weighted by Crippen LogP contribution is -2.20. The molecule has 1 aliphatic rings. The average molecular weight is 195 g/mol. The van der Waals surface area contributed by atoms with E-state index in [1.54, 1.807) is 11.8 Å². The smallest absolute Gasteiger partial charge is 0.137 e. The average Bonchev–Trinajstić information content (AvgIpc) is 2.18. The molecule has 0 spiro atoms. The molecule has 0 amide bonds. The predicted molar refractivity (Wildman–Crippen MR) is 55.3 cm³/mol. The van der Waals surface area contributed by atoms with E-state index in [1.165, 1.54) is 4.90 Å². The molecule has 0 saturated heterocycles. The van der Waals surface area contributed by atoms with Crippen LogP contribution in [0.25, 0.3) is 0 Å². The van der Waals surface area contributed by atoms with Crippen LogP contribution in [-0.4, -0.2) is 12.9 Å². The molecule has 1 aliphatic heterocycles. The van der Waals surface area contributed by atoms with Crippen molar-refractivity contribution < 1.29 is 4.74 Å². The van der Waals surface area contributed by atoms with Gasteiger partial charge in [-0.25, -0.2) is 0 Å². The highest BCUT2D eigenvalue weighted by atomic mass is 32.2. The van der Waals surface area contributed by atoms with Crippen molar-refractivity contribution in [1.82, 2.24) is 0 Å². The van der Waals surface area contributed by atoms with E-state index in [1.807, 2.05) is 6.07 Å². The van der Waals surface area contributed by atoms with E-state index in [2.05, 4.69) is 18.4 Å². The first-order valence-electron chi connectivity index (χ1n) is 4.38. The number of thioether (sulfide) groups is 1. The maximum Gasteiger partial charge on any atom is 0.137 e. The number of fused-ring (bicyclic) bond motifs is 1. The molecule has 0 saturated carbocycles. The molecule has 1 unspecified atom stereocenters. The van der Waals surface area contributed by atoms with Gasteiger partial charge in [0.2, 0.25) is 0 Å². The highest BCUT2D eigenvalue weighted by molar-refractivity contribution is 7.98. The molecule has 2 rings (SSSR count). The van der Waals surface area contributed by atoms with E-state index < -0.39 is 0 Å². The van der Waals surface area contributed by atoms with Gasteiger partial charge in [0.25, 0.3) is 0 Å². The summed E-state index contributed by atoms with van der Waals surface area (Å²) in [5, 5.41) is 0. The van der Waals surface area contributed by atoms with Crippen LogP contribution in [0.5, 0.6) is 5.75 Å². The normalized spacial score (nSPS) is 20.6. The number of nitrogens with two attached hydrogens (primary N) is 1. The molecule has 0 bridgehead atoms. The summed E-state index contributed by atoms with van der Waals surface area (Å²) < 4.78 is 5.62. The van der Waals surface area contributed by atoms with Gasteiger partial charge in [0.05, 0.1) is 6.61 Å². The van der Waals surface area contributed by atoms with Gasteiger partial charge in [-0.05, 0) is 12.3 Å². The lowest BCUT2D eigenvalue weighted by atomic mass is 10.0. The van der Waals surface area contributed by atoms with E-state index in [-0.39, 0.29) is 6.04 Å². The molecule has 70 valence electrons. The third-order valence-electron chi connectivity index (χ3n) is 2.30. The SMILES string of the molecule is CSc1cccc2c1OCCC2N. The minimum Gasteiger partial charge on any atom is -0.492 e. The lowest BCUT2D eigenvalue weighted by molar-refractivity contribution is 0.262. The van der Waals surface area contributed by atoms with Gasteiger partial charge in [-0.2, -0.15) is 0 Å². The maximum atomic E-state index is 5.98. The monoisotopic (exact) mass is 195 g/mol. The van der Waals surface area contributed by atoms with Crippen LogP contribution in [-0.2, 0) is 0 Å². The topological polar surface area (TPSA) is 35.2 Å². The van der Waals surface area contributed by atoms with Crippen molar-refractivity contribution in [3.63, 3.8) is 0 Å². The Morgan fingerprint density at radius 2 is 2.38 bits per heavy atom. The molecule has 1 aromatic rings. The van der Waals surface area contributed by atoms with Crippen molar-refractivity contribution in [2.75, 3.05) is 12.9 Å². The van der Waals surface area contributed by atoms with Gasteiger partial charge >= 0.3 is 0 Å². The molecule has 0 aliphatic carbocycles. The standard InChI is InChI=1S/C10H13NOS/c1-13-9-4-2-3-7-8(11)5-6-12-10(7)9/h2-4,8H,5-6,11H2,1H3. The second kappa shape index (κ2) is 3.60. The Morgan fingerprint density at radius 1 is 1.54 bits per heavy atom. The van der Waals surface area contributed by atoms with Gasteiger partial charge < -0.3 is 10.5 Å². The minimum atomic E-state index is 0.149. The molecular weight excluding hydrogens is 182 g/mol. The van der Waals surface area contributed by atoms with Crippen molar-refractivity contribution >= 4 is 11.8 Å². The van der Waals surface area contributed by atoms with Crippen LogP contribution in [0.2, 0.25) is 0 Å². The van der Waals surface area contributed by atoms with E-state index in [0.29, 0.717) is 0 Å². The fourth-order valence-corrected chi connectivity index (χ4v) is 2.16. The fourth-order valence-electron chi connectivity index (χ4n) is 1.58. The third kappa shape index (κ3) is 1.54. The van der Waals surface area contributed by atoms with Crippen molar-refractivity contribution in [3.8, 4) is 5.75 Å². The Labute approximate surface area is 82.5 Å². The highest BCUT2D eigenvalue weighted by Gasteiger charge is 2.19. The second-order valence-electron chi connectivity index (χ2n) is 3.12. The Bertz CT molecular complexity index is 314.